The zero-order valence-electron chi connectivity index (χ0n) is 14.9. The molecule has 1 atom stereocenters. The van der Waals surface area contributed by atoms with Crippen LogP contribution in [0.4, 0.5) is 5.69 Å². The fourth-order valence-corrected chi connectivity index (χ4v) is 2.51. The minimum atomic E-state index is -0.688. The summed E-state index contributed by atoms with van der Waals surface area (Å²) >= 11 is 0. The molecule has 8 heteroatoms. The Kier molecular flexibility index (Phi) is 7.58. The highest BCUT2D eigenvalue weighted by Gasteiger charge is 2.17. The van der Waals surface area contributed by atoms with E-state index in [1.807, 2.05) is 0 Å². The van der Waals surface area contributed by atoms with E-state index < -0.39 is 18.0 Å². The Bertz CT molecular complexity index is 638. The Morgan fingerprint density at radius 2 is 1.88 bits per heavy atom. The molecule has 0 radical (unpaired) electrons. The van der Waals surface area contributed by atoms with Crippen LogP contribution >= 0.6 is 0 Å². The number of hydrogen-bond donors (Lipinski definition) is 2. The zero-order chi connectivity index (χ0) is 18.9. The van der Waals surface area contributed by atoms with Crippen LogP contribution < -0.4 is 5.32 Å². The van der Waals surface area contributed by atoms with Crippen LogP contribution in [0.15, 0.2) is 36.0 Å². The molecule has 0 saturated carbocycles. The second-order valence-electron chi connectivity index (χ2n) is 5.75. The number of carbonyl (C=O) groups is 2. The summed E-state index contributed by atoms with van der Waals surface area (Å²) in [7, 11) is 2.44. The highest BCUT2D eigenvalue weighted by atomic mass is 16.5. The number of nitrogens with one attached hydrogen (secondary N) is 1. The van der Waals surface area contributed by atoms with E-state index in [-0.39, 0.29) is 5.70 Å². The second kappa shape index (κ2) is 9.91. The number of nitrogens with zero attached hydrogens (tertiary/aromatic N) is 1. The summed E-state index contributed by atoms with van der Waals surface area (Å²) in [4.78, 5) is 25.3. The van der Waals surface area contributed by atoms with Crippen molar-refractivity contribution in [3.05, 3.63) is 41.6 Å². The van der Waals surface area contributed by atoms with E-state index in [9.17, 15) is 14.7 Å². The Hall–Kier alpha value is -2.42. The summed E-state index contributed by atoms with van der Waals surface area (Å²) in [5.74, 6) is -1.36. The maximum atomic E-state index is 11.7. The van der Waals surface area contributed by atoms with E-state index in [4.69, 9.17) is 4.74 Å². The number of aliphatic hydroxyl groups excluding tert-OH is 1. The first-order valence-corrected chi connectivity index (χ1v) is 8.26. The van der Waals surface area contributed by atoms with Gasteiger partial charge < -0.3 is 24.6 Å². The number of methoxy groups -OCH3 is 2. The van der Waals surface area contributed by atoms with Gasteiger partial charge >= 0.3 is 11.9 Å². The minimum Gasteiger partial charge on any atom is -0.466 e. The molecule has 1 heterocycles. The van der Waals surface area contributed by atoms with Gasteiger partial charge in [-0.2, -0.15) is 0 Å². The molecule has 0 bridgehead atoms. The molecule has 26 heavy (non-hydrogen) atoms. The van der Waals surface area contributed by atoms with Gasteiger partial charge in [0.05, 0.1) is 39.6 Å². The van der Waals surface area contributed by atoms with Crippen LogP contribution in [0.1, 0.15) is 11.7 Å². The molecule has 0 amide bonds. The van der Waals surface area contributed by atoms with Gasteiger partial charge in [0.1, 0.15) is 5.70 Å². The van der Waals surface area contributed by atoms with Gasteiger partial charge in [-0.3, -0.25) is 4.90 Å². The summed E-state index contributed by atoms with van der Waals surface area (Å²) in [5, 5.41) is 13.2. The lowest BCUT2D eigenvalue weighted by Gasteiger charge is -2.28. The number of benzene rings is 1. The Morgan fingerprint density at radius 3 is 2.46 bits per heavy atom. The average Bonchev–Trinajstić information content (AvgIpc) is 2.68. The van der Waals surface area contributed by atoms with Gasteiger partial charge in [-0.1, -0.05) is 12.1 Å². The standard InChI is InChI=1S/C18H24N2O6/c1-24-17(22)11-15(18(23)25-2)19-14-5-3-13(4-6-14)16(21)12-20-7-9-26-10-8-20/h3-6,11,16,19,21H,7-10,12H2,1-2H3/b15-11+. The van der Waals surface area contributed by atoms with Crippen molar-refractivity contribution < 1.29 is 28.9 Å². The van der Waals surface area contributed by atoms with Crippen molar-refractivity contribution in [3.8, 4) is 0 Å². The molecule has 142 valence electrons. The molecule has 0 aliphatic carbocycles. The van der Waals surface area contributed by atoms with Gasteiger partial charge in [0.2, 0.25) is 0 Å². The third-order valence-corrected chi connectivity index (χ3v) is 3.98. The van der Waals surface area contributed by atoms with Crippen molar-refractivity contribution in [2.24, 2.45) is 0 Å². The van der Waals surface area contributed by atoms with E-state index in [2.05, 4.69) is 19.7 Å². The van der Waals surface area contributed by atoms with E-state index in [1.54, 1.807) is 24.3 Å². The summed E-state index contributed by atoms with van der Waals surface area (Å²) < 4.78 is 14.5. The topological polar surface area (TPSA) is 97.3 Å². The quantitative estimate of drug-likeness (QED) is 0.539. The molecule has 8 nitrogen and oxygen atoms in total. The van der Waals surface area contributed by atoms with Gasteiger partial charge in [0, 0.05) is 25.3 Å². The molecular formula is C18H24N2O6. The summed E-state index contributed by atoms with van der Waals surface area (Å²) in [6.07, 6.45) is 0.403. The maximum absolute atomic E-state index is 11.7. The second-order valence-corrected chi connectivity index (χ2v) is 5.75. The third-order valence-electron chi connectivity index (χ3n) is 3.98. The Labute approximate surface area is 152 Å². The van der Waals surface area contributed by atoms with E-state index >= 15 is 0 Å². The van der Waals surface area contributed by atoms with Crippen molar-refractivity contribution in [2.45, 2.75) is 6.10 Å². The van der Waals surface area contributed by atoms with Crippen molar-refractivity contribution in [1.82, 2.24) is 4.90 Å². The Morgan fingerprint density at radius 1 is 1.23 bits per heavy atom. The first-order valence-electron chi connectivity index (χ1n) is 8.26. The normalized spacial score (nSPS) is 16.7. The summed E-state index contributed by atoms with van der Waals surface area (Å²) in [6, 6.07) is 6.96. The van der Waals surface area contributed by atoms with Gasteiger partial charge in [-0.15, -0.1) is 0 Å². The molecule has 0 spiro atoms. The number of ether oxygens (including phenoxy) is 3. The molecule has 2 rings (SSSR count). The largest absolute Gasteiger partial charge is 0.466 e. The number of morpholine rings is 1. The predicted octanol–water partition coefficient (Wildman–Crippen LogP) is 0.694. The van der Waals surface area contributed by atoms with Crippen molar-refractivity contribution in [2.75, 3.05) is 52.4 Å². The monoisotopic (exact) mass is 364 g/mol. The number of aliphatic hydroxyl groups is 1. The SMILES string of the molecule is COC(=O)/C=C(/Nc1ccc(C(O)CN2CCOCC2)cc1)C(=O)OC. The molecule has 1 aromatic rings. The van der Waals surface area contributed by atoms with E-state index in [1.165, 1.54) is 14.2 Å². The van der Waals surface area contributed by atoms with Crippen LogP contribution in [0.3, 0.4) is 0 Å². The fraction of sp³-hybridized carbons (Fsp3) is 0.444. The average molecular weight is 364 g/mol. The highest BCUT2D eigenvalue weighted by molar-refractivity contribution is 5.98. The maximum Gasteiger partial charge on any atom is 0.354 e. The van der Waals surface area contributed by atoms with Gasteiger partial charge in [0.25, 0.3) is 0 Å². The molecule has 2 N–H and O–H groups in total. The smallest absolute Gasteiger partial charge is 0.354 e. The number of hydrogen-bond acceptors (Lipinski definition) is 8. The molecular weight excluding hydrogens is 340 g/mol. The van der Waals surface area contributed by atoms with Crippen molar-refractivity contribution in [1.29, 1.82) is 0 Å². The van der Waals surface area contributed by atoms with Crippen LogP contribution in [-0.4, -0.2) is 69.0 Å². The minimum absolute atomic E-state index is 0.0408. The molecule has 1 aliphatic heterocycles. The van der Waals surface area contributed by atoms with E-state index in [0.29, 0.717) is 25.4 Å². The molecule has 1 unspecified atom stereocenters. The lowest BCUT2D eigenvalue weighted by Crippen LogP contribution is -2.38. The lowest BCUT2D eigenvalue weighted by atomic mass is 10.1. The number of rotatable bonds is 7. The van der Waals surface area contributed by atoms with Crippen LogP contribution in [0.25, 0.3) is 0 Å². The number of β-amino-alcohol motifs (C(OH)–C–C–N with tert-alkyl or cyclic N) is 1. The first-order chi connectivity index (χ1) is 12.5. The molecule has 1 fully saturated rings. The van der Waals surface area contributed by atoms with Gasteiger partial charge in [-0.05, 0) is 17.7 Å². The van der Waals surface area contributed by atoms with Crippen LogP contribution in [0, 0.1) is 0 Å². The Balaban J connectivity index is 2.01. The van der Waals surface area contributed by atoms with Crippen LogP contribution in [-0.2, 0) is 23.8 Å². The summed E-state index contributed by atoms with van der Waals surface area (Å²) in [5.41, 5.74) is 1.30. The third kappa shape index (κ3) is 5.83. The lowest BCUT2D eigenvalue weighted by molar-refractivity contribution is -0.138. The zero-order valence-corrected chi connectivity index (χ0v) is 14.9. The molecule has 1 saturated heterocycles. The van der Waals surface area contributed by atoms with Crippen molar-refractivity contribution >= 4 is 17.6 Å². The number of anilines is 1. The fourth-order valence-electron chi connectivity index (χ4n) is 2.51. The number of esters is 2. The van der Waals surface area contributed by atoms with Gasteiger partial charge in [-0.25, -0.2) is 9.59 Å². The van der Waals surface area contributed by atoms with Gasteiger partial charge in [0.15, 0.2) is 0 Å². The van der Waals surface area contributed by atoms with Crippen LogP contribution in [0.2, 0.25) is 0 Å². The summed E-state index contributed by atoms with van der Waals surface area (Å²) in [6.45, 7) is 3.50. The molecule has 1 aromatic carbocycles. The highest BCUT2D eigenvalue weighted by Crippen LogP contribution is 2.19. The predicted molar refractivity (Wildman–Crippen MR) is 94.4 cm³/mol. The van der Waals surface area contributed by atoms with E-state index in [0.717, 1.165) is 24.7 Å². The molecule has 0 aromatic heterocycles. The first kappa shape index (κ1) is 19.9. The van der Waals surface area contributed by atoms with Crippen LogP contribution in [0.5, 0.6) is 0 Å². The van der Waals surface area contributed by atoms with Crippen molar-refractivity contribution in [3.63, 3.8) is 0 Å². The number of carbonyl (C=O) groups excluding carboxylic acids is 2. The molecule has 1 aliphatic rings.